The van der Waals surface area contributed by atoms with Gasteiger partial charge in [0, 0.05) is 25.2 Å². The van der Waals surface area contributed by atoms with E-state index in [1.807, 2.05) is 6.07 Å². The summed E-state index contributed by atoms with van der Waals surface area (Å²) in [6, 6.07) is 1.94. The Kier molecular flexibility index (Phi) is 6.46. The van der Waals surface area contributed by atoms with Crippen molar-refractivity contribution in [2.75, 3.05) is 6.61 Å². The van der Waals surface area contributed by atoms with E-state index >= 15 is 0 Å². The zero-order valence-electron chi connectivity index (χ0n) is 18.5. The fraction of sp³-hybridized carbons (Fsp3) is 0.667. The second-order valence-electron chi connectivity index (χ2n) is 9.37. The molecule has 2 aliphatic carbocycles. The van der Waals surface area contributed by atoms with Gasteiger partial charge in [-0.1, -0.05) is 20.4 Å². The van der Waals surface area contributed by atoms with Crippen LogP contribution in [0.5, 0.6) is 0 Å². The molecule has 0 amide bonds. The van der Waals surface area contributed by atoms with E-state index in [0.29, 0.717) is 12.8 Å². The molecule has 30 heavy (non-hydrogen) atoms. The Morgan fingerprint density at radius 2 is 2.03 bits per heavy atom. The summed E-state index contributed by atoms with van der Waals surface area (Å²) in [6.07, 6.45) is 6.05. The van der Waals surface area contributed by atoms with Gasteiger partial charge in [0.2, 0.25) is 0 Å². The molecule has 0 bridgehead atoms. The van der Waals surface area contributed by atoms with E-state index in [1.165, 1.54) is 13.8 Å². The van der Waals surface area contributed by atoms with Gasteiger partial charge in [-0.05, 0) is 60.6 Å². The zero-order chi connectivity index (χ0) is 22.1. The number of hydrogen-bond acceptors (Lipinski definition) is 6. The first-order valence-corrected chi connectivity index (χ1v) is 10.8. The van der Waals surface area contributed by atoms with E-state index in [9.17, 15) is 14.7 Å². The molecule has 6 atom stereocenters. The van der Waals surface area contributed by atoms with Crippen molar-refractivity contribution in [2.45, 2.75) is 72.0 Å². The number of rotatable bonds is 6. The van der Waals surface area contributed by atoms with Crippen LogP contribution in [-0.2, 0) is 25.5 Å². The number of aryl methyl sites for hydroxylation is 1. The number of carbonyl (C=O) groups is 2. The van der Waals surface area contributed by atoms with E-state index in [1.54, 1.807) is 12.5 Å². The SMILES string of the molecule is C=C1C(O)CCC2C1(C)CC(OC(C)=O)C(C)C2(CCc1ccoc1)COC(C)=O. The van der Waals surface area contributed by atoms with Crippen LogP contribution in [0.25, 0.3) is 0 Å². The molecule has 6 unspecified atom stereocenters. The van der Waals surface area contributed by atoms with Gasteiger partial charge >= 0.3 is 11.9 Å². The van der Waals surface area contributed by atoms with Crippen LogP contribution in [0.3, 0.4) is 0 Å². The summed E-state index contributed by atoms with van der Waals surface area (Å²) in [6.45, 7) is 11.6. The van der Waals surface area contributed by atoms with E-state index in [2.05, 4.69) is 20.4 Å². The number of esters is 2. The number of aliphatic hydroxyl groups is 1. The lowest BCUT2D eigenvalue weighted by Gasteiger charge is -2.61. The summed E-state index contributed by atoms with van der Waals surface area (Å²) in [4.78, 5) is 23.7. The summed E-state index contributed by atoms with van der Waals surface area (Å²) >= 11 is 0. The van der Waals surface area contributed by atoms with Crippen molar-refractivity contribution >= 4 is 11.9 Å². The molecule has 0 radical (unpaired) electrons. The minimum Gasteiger partial charge on any atom is -0.472 e. The summed E-state index contributed by atoms with van der Waals surface area (Å²) in [5, 5.41) is 10.6. The molecule has 6 nitrogen and oxygen atoms in total. The van der Waals surface area contributed by atoms with Crippen molar-refractivity contribution in [2.24, 2.45) is 22.7 Å². The molecule has 3 rings (SSSR count). The largest absolute Gasteiger partial charge is 0.472 e. The normalized spacial score (nSPS) is 36.1. The van der Waals surface area contributed by atoms with Gasteiger partial charge in [-0.25, -0.2) is 0 Å². The van der Waals surface area contributed by atoms with Crippen molar-refractivity contribution in [3.63, 3.8) is 0 Å². The Bertz CT molecular complexity index is 784. The first-order valence-electron chi connectivity index (χ1n) is 10.8. The first-order chi connectivity index (χ1) is 14.1. The van der Waals surface area contributed by atoms with E-state index in [4.69, 9.17) is 13.9 Å². The molecule has 2 fully saturated rings. The summed E-state index contributed by atoms with van der Waals surface area (Å²) in [5.41, 5.74) is 1.04. The molecule has 1 N–H and O–H groups in total. The molecule has 1 aromatic heterocycles. The lowest BCUT2D eigenvalue weighted by molar-refractivity contribution is -0.191. The molecule has 1 heterocycles. The molecule has 1 aromatic rings. The van der Waals surface area contributed by atoms with Crippen LogP contribution in [-0.4, -0.2) is 35.9 Å². The third-order valence-corrected chi connectivity index (χ3v) is 7.74. The number of carbonyl (C=O) groups excluding carboxylic acids is 2. The maximum absolute atomic E-state index is 11.9. The summed E-state index contributed by atoms with van der Waals surface area (Å²) in [5.74, 6) is -0.523. The molecule has 0 aromatic carbocycles. The van der Waals surface area contributed by atoms with Crippen molar-refractivity contribution in [3.8, 4) is 0 Å². The van der Waals surface area contributed by atoms with E-state index in [-0.39, 0.29) is 36.5 Å². The van der Waals surface area contributed by atoms with Crippen LogP contribution in [0.4, 0.5) is 0 Å². The quantitative estimate of drug-likeness (QED) is 0.554. The Hall–Kier alpha value is -2.08. The number of aliphatic hydroxyl groups excluding tert-OH is 1. The number of hydrogen-bond donors (Lipinski definition) is 1. The zero-order valence-corrected chi connectivity index (χ0v) is 18.5. The monoisotopic (exact) mass is 418 g/mol. The highest BCUT2D eigenvalue weighted by Crippen LogP contribution is 2.63. The Labute approximate surface area is 178 Å². The Morgan fingerprint density at radius 1 is 1.30 bits per heavy atom. The first kappa shape index (κ1) is 22.6. The summed E-state index contributed by atoms with van der Waals surface area (Å²) < 4.78 is 16.7. The topological polar surface area (TPSA) is 86.0 Å². The van der Waals surface area contributed by atoms with Gasteiger partial charge < -0.3 is 19.0 Å². The fourth-order valence-electron chi connectivity index (χ4n) is 6.01. The maximum atomic E-state index is 11.9. The molecular weight excluding hydrogens is 384 g/mol. The van der Waals surface area contributed by atoms with Gasteiger partial charge in [0.15, 0.2) is 0 Å². The van der Waals surface area contributed by atoms with Gasteiger partial charge in [-0.2, -0.15) is 0 Å². The summed E-state index contributed by atoms with van der Waals surface area (Å²) in [7, 11) is 0. The van der Waals surface area contributed by atoms with Crippen molar-refractivity contribution in [1.29, 1.82) is 0 Å². The van der Waals surface area contributed by atoms with Crippen LogP contribution in [0.15, 0.2) is 35.2 Å². The predicted molar refractivity (Wildman–Crippen MR) is 111 cm³/mol. The predicted octanol–water partition coefficient (Wildman–Crippen LogP) is 4.07. The highest BCUT2D eigenvalue weighted by atomic mass is 16.5. The Morgan fingerprint density at radius 3 is 2.63 bits per heavy atom. The highest BCUT2D eigenvalue weighted by molar-refractivity contribution is 5.66. The van der Waals surface area contributed by atoms with Crippen LogP contribution in [0.1, 0.15) is 58.9 Å². The van der Waals surface area contributed by atoms with Gasteiger partial charge in [-0.3, -0.25) is 9.59 Å². The van der Waals surface area contributed by atoms with Crippen LogP contribution in [0.2, 0.25) is 0 Å². The van der Waals surface area contributed by atoms with Crippen molar-refractivity contribution in [3.05, 3.63) is 36.3 Å². The molecule has 2 aliphatic rings. The van der Waals surface area contributed by atoms with Gasteiger partial charge in [-0.15, -0.1) is 0 Å². The number of fused-ring (bicyclic) bond motifs is 1. The second kappa shape index (κ2) is 8.58. The van der Waals surface area contributed by atoms with Gasteiger partial charge in [0.05, 0.1) is 25.2 Å². The van der Waals surface area contributed by atoms with Gasteiger partial charge in [0.25, 0.3) is 0 Å². The fourth-order valence-corrected chi connectivity index (χ4v) is 6.01. The highest BCUT2D eigenvalue weighted by Gasteiger charge is 2.61. The molecule has 6 heteroatoms. The van der Waals surface area contributed by atoms with Crippen LogP contribution in [0, 0.1) is 22.7 Å². The molecular formula is C24H34O6. The lowest BCUT2D eigenvalue weighted by Crippen LogP contribution is -2.60. The molecule has 2 saturated carbocycles. The third kappa shape index (κ3) is 4.07. The minimum absolute atomic E-state index is 0.0197. The van der Waals surface area contributed by atoms with Crippen LogP contribution < -0.4 is 0 Å². The van der Waals surface area contributed by atoms with E-state index < -0.39 is 16.9 Å². The number of ether oxygens (including phenoxy) is 2. The maximum Gasteiger partial charge on any atom is 0.302 e. The second-order valence-corrected chi connectivity index (χ2v) is 9.37. The molecule has 0 spiro atoms. The smallest absolute Gasteiger partial charge is 0.302 e. The third-order valence-electron chi connectivity index (χ3n) is 7.74. The lowest BCUT2D eigenvalue weighted by atomic mass is 9.44. The standard InChI is InChI=1S/C24H34O6/c1-15-20(27)6-7-22-23(15,5)12-21(30-18(4)26)16(2)24(22,14-29-17(3)25)10-8-19-9-11-28-13-19/h9,11,13,16,20-22,27H,1,6-8,10,12,14H2,2-5H3. The average molecular weight is 419 g/mol. The Balaban J connectivity index is 2.05. The van der Waals surface area contributed by atoms with Crippen LogP contribution >= 0.6 is 0 Å². The molecule has 166 valence electrons. The minimum atomic E-state index is -0.571. The van der Waals surface area contributed by atoms with Crippen molar-refractivity contribution in [1.82, 2.24) is 0 Å². The number of furan rings is 1. The molecule has 0 aliphatic heterocycles. The van der Waals surface area contributed by atoms with Gasteiger partial charge in [0.1, 0.15) is 6.10 Å². The average Bonchev–Trinajstić information content (AvgIpc) is 3.19. The van der Waals surface area contributed by atoms with E-state index in [0.717, 1.165) is 30.4 Å². The molecule has 0 saturated heterocycles. The van der Waals surface area contributed by atoms with Crippen molar-refractivity contribution < 1.29 is 28.6 Å².